The van der Waals surface area contributed by atoms with Gasteiger partial charge in [0.25, 0.3) is 0 Å². The number of carbonyl (C=O) groups excluding carboxylic acids is 1. The second-order valence-corrected chi connectivity index (χ2v) is 7.94. The van der Waals surface area contributed by atoms with Crippen molar-refractivity contribution in [3.05, 3.63) is 0 Å². The molecule has 0 saturated heterocycles. The van der Waals surface area contributed by atoms with Crippen molar-refractivity contribution in [1.29, 1.82) is 0 Å². The van der Waals surface area contributed by atoms with E-state index in [1.54, 1.807) is 20.8 Å². The first kappa shape index (κ1) is 27.2. The van der Waals surface area contributed by atoms with Crippen LogP contribution in [0.2, 0.25) is 0 Å². The van der Waals surface area contributed by atoms with Gasteiger partial charge in [0.2, 0.25) is 0 Å². The molecule has 28 heavy (non-hydrogen) atoms. The van der Waals surface area contributed by atoms with E-state index in [9.17, 15) is 44.3 Å². The fourth-order valence-corrected chi connectivity index (χ4v) is 3.16. The van der Waals surface area contributed by atoms with Crippen molar-refractivity contribution in [3.8, 4) is 0 Å². The average Bonchev–Trinajstić information content (AvgIpc) is 2.53. The van der Waals surface area contributed by atoms with E-state index in [4.69, 9.17) is 4.74 Å². The van der Waals surface area contributed by atoms with Crippen molar-refractivity contribution >= 4 is 17.7 Å². The summed E-state index contributed by atoms with van der Waals surface area (Å²) in [7, 11) is 0. The van der Waals surface area contributed by atoms with Crippen LogP contribution in [0.5, 0.6) is 0 Å². The summed E-state index contributed by atoms with van der Waals surface area (Å²) >= 11 is 0.808. The molecule has 0 heterocycles. The van der Waals surface area contributed by atoms with E-state index >= 15 is 0 Å². The summed E-state index contributed by atoms with van der Waals surface area (Å²) in [6.45, 7) is 5.43. The summed E-state index contributed by atoms with van der Waals surface area (Å²) in [4.78, 5) is 11.9. The lowest BCUT2D eigenvalue weighted by atomic mass is 10.00. The zero-order valence-corrected chi connectivity index (χ0v) is 16.3. The Kier molecular flexibility index (Phi) is 9.99. The van der Waals surface area contributed by atoms with E-state index in [0.717, 1.165) is 11.8 Å². The van der Waals surface area contributed by atoms with E-state index in [-0.39, 0.29) is 18.3 Å². The lowest BCUT2D eigenvalue weighted by Gasteiger charge is -2.33. The molecule has 0 aromatic rings. The number of alkyl halides is 9. The third-order valence-electron chi connectivity index (χ3n) is 3.54. The maximum absolute atomic E-state index is 13.4. The molecule has 0 saturated carbocycles. The zero-order chi connectivity index (χ0) is 22.4. The molecule has 0 aliphatic heterocycles. The van der Waals surface area contributed by atoms with E-state index < -0.39 is 48.0 Å². The van der Waals surface area contributed by atoms with Gasteiger partial charge in [0.05, 0.1) is 6.61 Å². The molecule has 0 radical (unpaired) electrons. The third kappa shape index (κ3) is 6.91. The Morgan fingerprint density at radius 1 is 0.964 bits per heavy atom. The fraction of sp³-hybridized carbons (Fsp3) is 0.938. The van der Waals surface area contributed by atoms with Crippen LogP contribution in [0.25, 0.3) is 0 Å². The quantitative estimate of drug-likeness (QED) is 0.197. The summed E-state index contributed by atoms with van der Waals surface area (Å²) in [5.41, 5.74) is 0. The van der Waals surface area contributed by atoms with Crippen LogP contribution in [0.15, 0.2) is 0 Å². The van der Waals surface area contributed by atoms with Gasteiger partial charge in [0, 0.05) is 6.42 Å². The summed E-state index contributed by atoms with van der Waals surface area (Å²) in [6.07, 6.45) is -8.67. The molecule has 0 aromatic carbocycles. The molecule has 0 spiro atoms. The van der Waals surface area contributed by atoms with Crippen LogP contribution < -0.4 is 0 Å². The fourth-order valence-electron chi connectivity index (χ4n) is 1.96. The number of rotatable bonds is 12. The number of hydrogen-bond donors (Lipinski definition) is 0. The standard InChI is InChI=1S/C16H23F9O2S/c1-4-6-11(12(26)27-9-10(2)3)28-8-5-7-13(17,18)14(19,20)15(21,22)16(23,24)25/h10-11H,4-9H2,1-3H3. The number of carbonyl (C=O) groups is 1. The summed E-state index contributed by atoms with van der Waals surface area (Å²) in [6, 6.07) is 0. The Bertz CT molecular complexity index is 493. The minimum Gasteiger partial charge on any atom is -0.465 e. The van der Waals surface area contributed by atoms with Gasteiger partial charge in [-0.1, -0.05) is 27.2 Å². The minimum atomic E-state index is -6.87. The number of hydrogen-bond acceptors (Lipinski definition) is 3. The van der Waals surface area contributed by atoms with Crippen molar-refractivity contribution in [2.75, 3.05) is 12.4 Å². The van der Waals surface area contributed by atoms with Gasteiger partial charge < -0.3 is 4.74 Å². The Hall–Kier alpha value is -0.810. The van der Waals surface area contributed by atoms with Crippen molar-refractivity contribution in [2.24, 2.45) is 5.92 Å². The number of thioether (sulfide) groups is 1. The number of halogens is 9. The second kappa shape index (κ2) is 10.3. The highest BCUT2D eigenvalue weighted by Crippen LogP contribution is 2.54. The lowest BCUT2D eigenvalue weighted by molar-refractivity contribution is -0.396. The molecular formula is C16H23F9O2S. The predicted molar refractivity (Wildman–Crippen MR) is 87.1 cm³/mol. The van der Waals surface area contributed by atoms with E-state index in [0.29, 0.717) is 12.8 Å². The topological polar surface area (TPSA) is 26.3 Å². The molecule has 12 heteroatoms. The largest absolute Gasteiger partial charge is 0.465 e. The van der Waals surface area contributed by atoms with Crippen molar-refractivity contribution in [3.63, 3.8) is 0 Å². The molecule has 0 aliphatic carbocycles. The molecule has 0 aliphatic rings. The van der Waals surface area contributed by atoms with Crippen LogP contribution in [0.3, 0.4) is 0 Å². The molecule has 0 amide bonds. The maximum Gasteiger partial charge on any atom is 0.460 e. The lowest BCUT2D eigenvalue weighted by Crippen LogP contribution is -2.60. The van der Waals surface area contributed by atoms with Gasteiger partial charge in [-0.25, -0.2) is 0 Å². The normalized spacial score (nSPS) is 15.0. The number of ether oxygens (including phenoxy) is 1. The number of esters is 1. The molecule has 1 unspecified atom stereocenters. The zero-order valence-electron chi connectivity index (χ0n) is 15.5. The van der Waals surface area contributed by atoms with Crippen molar-refractivity contribution in [1.82, 2.24) is 0 Å². The molecule has 0 rings (SSSR count). The van der Waals surface area contributed by atoms with Gasteiger partial charge in [0.1, 0.15) is 5.25 Å². The Labute approximate surface area is 161 Å². The summed E-state index contributed by atoms with van der Waals surface area (Å²) in [5, 5.41) is -0.769. The van der Waals surface area contributed by atoms with Crippen molar-refractivity contribution in [2.45, 2.75) is 75.6 Å². The van der Waals surface area contributed by atoms with Gasteiger partial charge in [-0.05, 0) is 24.5 Å². The molecular weight excluding hydrogens is 427 g/mol. The maximum atomic E-state index is 13.4. The van der Waals surface area contributed by atoms with Gasteiger partial charge >= 0.3 is 29.9 Å². The molecule has 0 fully saturated rings. The molecule has 0 N–H and O–H groups in total. The van der Waals surface area contributed by atoms with Crippen LogP contribution in [0, 0.1) is 5.92 Å². The monoisotopic (exact) mass is 450 g/mol. The van der Waals surface area contributed by atoms with Crippen LogP contribution >= 0.6 is 11.8 Å². The molecule has 1 atom stereocenters. The first-order chi connectivity index (χ1) is 12.5. The Morgan fingerprint density at radius 2 is 1.50 bits per heavy atom. The first-order valence-corrected chi connectivity index (χ1v) is 9.54. The SMILES string of the molecule is CCCC(SCCCC(F)(F)C(F)(F)C(F)(F)C(F)(F)F)C(=O)OCC(C)C. The first-order valence-electron chi connectivity index (χ1n) is 8.49. The molecule has 2 nitrogen and oxygen atoms in total. The van der Waals surface area contributed by atoms with Crippen LogP contribution in [0.1, 0.15) is 46.5 Å². The van der Waals surface area contributed by atoms with E-state index in [2.05, 4.69) is 0 Å². The highest BCUT2D eigenvalue weighted by molar-refractivity contribution is 8.00. The predicted octanol–water partition coefficient (Wildman–Crippen LogP) is 6.34. The summed E-state index contributed by atoms with van der Waals surface area (Å²) < 4.78 is 120. The summed E-state index contributed by atoms with van der Waals surface area (Å²) in [5.74, 6) is -19.9. The van der Waals surface area contributed by atoms with E-state index in [1.165, 1.54) is 0 Å². The third-order valence-corrected chi connectivity index (χ3v) is 4.89. The average molecular weight is 450 g/mol. The second-order valence-electron chi connectivity index (χ2n) is 6.63. The van der Waals surface area contributed by atoms with Crippen LogP contribution in [-0.4, -0.2) is 47.5 Å². The van der Waals surface area contributed by atoms with E-state index in [1.807, 2.05) is 0 Å². The Morgan fingerprint density at radius 3 is 1.93 bits per heavy atom. The highest BCUT2D eigenvalue weighted by Gasteiger charge is 2.81. The van der Waals surface area contributed by atoms with Gasteiger partial charge in [-0.3, -0.25) is 4.79 Å². The van der Waals surface area contributed by atoms with Gasteiger partial charge in [-0.2, -0.15) is 39.5 Å². The highest BCUT2D eigenvalue weighted by atomic mass is 32.2. The van der Waals surface area contributed by atoms with Crippen molar-refractivity contribution < 1.29 is 49.0 Å². The van der Waals surface area contributed by atoms with Crippen LogP contribution in [-0.2, 0) is 9.53 Å². The minimum absolute atomic E-state index is 0.0486. The molecule has 0 aromatic heterocycles. The van der Waals surface area contributed by atoms with Gasteiger partial charge in [-0.15, -0.1) is 11.8 Å². The van der Waals surface area contributed by atoms with Crippen LogP contribution in [0.4, 0.5) is 39.5 Å². The molecule has 0 bridgehead atoms. The smallest absolute Gasteiger partial charge is 0.460 e. The Balaban J connectivity index is 4.84. The molecule has 168 valence electrons. The van der Waals surface area contributed by atoms with Gasteiger partial charge in [0.15, 0.2) is 0 Å².